The van der Waals surface area contributed by atoms with Crippen molar-refractivity contribution in [3.63, 3.8) is 0 Å². The first kappa shape index (κ1) is 15.9. The number of halogens is 1. The van der Waals surface area contributed by atoms with Crippen LogP contribution in [0.2, 0.25) is 0 Å². The molecule has 0 spiro atoms. The summed E-state index contributed by atoms with van der Waals surface area (Å²) in [5, 5.41) is 0. The van der Waals surface area contributed by atoms with Gasteiger partial charge in [0.05, 0.1) is 29.5 Å². The molecule has 0 aliphatic heterocycles. The van der Waals surface area contributed by atoms with Crippen LogP contribution in [-0.2, 0) is 19.3 Å². The van der Waals surface area contributed by atoms with E-state index < -0.39 is 15.7 Å². The summed E-state index contributed by atoms with van der Waals surface area (Å²) >= 11 is 0. The zero-order valence-corrected chi connectivity index (χ0v) is 11.6. The Labute approximate surface area is 112 Å². The Hall–Kier alpha value is -1.18. The van der Waals surface area contributed by atoms with E-state index in [2.05, 4.69) is 0 Å². The Morgan fingerprint density at radius 3 is 2.68 bits per heavy atom. The Morgan fingerprint density at radius 2 is 2.00 bits per heavy atom. The normalized spacial score (nSPS) is 11.7. The van der Waals surface area contributed by atoms with Crippen LogP contribution in [0.25, 0.3) is 0 Å². The third kappa shape index (κ3) is 5.14. The van der Waals surface area contributed by atoms with Crippen molar-refractivity contribution >= 4 is 15.5 Å². The van der Waals surface area contributed by atoms with Gasteiger partial charge in [-0.1, -0.05) is 0 Å². The van der Waals surface area contributed by atoms with Gasteiger partial charge in [0.1, 0.15) is 5.82 Å². The van der Waals surface area contributed by atoms with Crippen molar-refractivity contribution < 1.29 is 22.3 Å². The lowest BCUT2D eigenvalue weighted by Crippen LogP contribution is -2.12. The molecule has 2 N–H and O–H groups in total. The standard InChI is InChI=1S/C12H18FNO4S/c1-17-6-7-18-5-2-8-19(15,16)12-9-10(13)3-4-11(12)14/h3-4,9H,2,5-8,14H2,1H3. The Balaban J connectivity index is 2.54. The number of methoxy groups -OCH3 is 1. The fraction of sp³-hybridized carbons (Fsp3) is 0.500. The topological polar surface area (TPSA) is 78.6 Å². The second-order valence-corrected chi connectivity index (χ2v) is 6.04. The monoisotopic (exact) mass is 291 g/mol. The summed E-state index contributed by atoms with van der Waals surface area (Å²) in [6, 6.07) is 3.32. The van der Waals surface area contributed by atoms with Crippen LogP contribution in [-0.4, -0.2) is 41.1 Å². The first-order valence-electron chi connectivity index (χ1n) is 5.82. The lowest BCUT2D eigenvalue weighted by Gasteiger charge is -2.08. The fourth-order valence-corrected chi connectivity index (χ4v) is 2.92. The number of rotatable bonds is 8. The molecule has 5 nitrogen and oxygen atoms in total. The van der Waals surface area contributed by atoms with Crippen molar-refractivity contribution in [1.29, 1.82) is 0 Å². The Morgan fingerprint density at radius 1 is 1.26 bits per heavy atom. The van der Waals surface area contributed by atoms with Crippen LogP contribution >= 0.6 is 0 Å². The van der Waals surface area contributed by atoms with E-state index in [9.17, 15) is 12.8 Å². The molecule has 0 saturated heterocycles. The summed E-state index contributed by atoms with van der Waals surface area (Å²) in [7, 11) is -2.03. The van der Waals surface area contributed by atoms with Gasteiger partial charge in [-0.15, -0.1) is 0 Å². The third-order valence-corrected chi connectivity index (χ3v) is 4.29. The van der Waals surface area contributed by atoms with Crippen LogP contribution in [0, 0.1) is 5.82 Å². The smallest absolute Gasteiger partial charge is 0.180 e. The number of hydrogen-bond donors (Lipinski definition) is 1. The molecule has 0 amide bonds. The van der Waals surface area contributed by atoms with Gasteiger partial charge in [0.2, 0.25) is 0 Å². The average molecular weight is 291 g/mol. The third-order valence-electron chi connectivity index (χ3n) is 2.44. The minimum absolute atomic E-state index is 0.0571. The zero-order valence-electron chi connectivity index (χ0n) is 10.8. The van der Waals surface area contributed by atoms with E-state index in [1.165, 1.54) is 6.07 Å². The van der Waals surface area contributed by atoms with Gasteiger partial charge >= 0.3 is 0 Å². The molecule has 1 aromatic rings. The molecular formula is C12H18FNO4S. The number of nitrogens with two attached hydrogens (primary N) is 1. The van der Waals surface area contributed by atoms with Crippen LogP contribution in [0.1, 0.15) is 6.42 Å². The van der Waals surface area contributed by atoms with Gasteiger partial charge in [0, 0.05) is 13.7 Å². The average Bonchev–Trinajstić information content (AvgIpc) is 2.36. The van der Waals surface area contributed by atoms with E-state index in [0.717, 1.165) is 12.1 Å². The summed E-state index contributed by atoms with van der Waals surface area (Å²) in [5.74, 6) is -0.752. The van der Waals surface area contributed by atoms with Gasteiger partial charge < -0.3 is 15.2 Å². The van der Waals surface area contributed by atoms with Crippen molar-refractivity contribution in [1.82, 2.24) is 0 Å². The van der Waals surface area contributed by atoms with Crippen molar-refractivity contribution in [3.05, 3.63) is 24.0 Å². The van der Waals surface area contributed by atoms with E-state index >= 15 is 0 Å². The van der Waals surface area contributed by atoms with Crippen LogP contribution in [0.5, 0.6) is 0 Å². The summed E-state index contributed by atoms with van der Waals surface area (Å²) in [6.07, 6.45) is 0.321. The number of anilines is 1. The molecule has 0 aliphatic carbocycles. The lowest BCUT2D eigenvalue weighted by atomic mass is 10.3. The molecule has 0 radical (unpaired) electrons. The summed E-state index contributed by atoms with van der Waals surface area (Å²) in [4.78, 5) is -0.163. The molecule has 19 heavy (non-hydrogen) atoms. The van der Waals surface area contributed by atoms with E-state index in [-0.39, 0.29) is 16.3 Å². The van der Waals surface area contributed by atoms with Crippen molar-refractivity contribution in [2.45, 2.75) is 11.3 Å². The summed E-state index contributed by atoms with van der Waals surface area (Å²) in [5.41, 5.74) is 5.61. The van der Waals surface area contributed by atoms with Crippen molar-refractivity contribution in [2.75, 3.05) is 38.4 Å². The maximum Gasteiger partial charge on any atom is 0.180 e. The maximum absolute atomic E-state index is 13.0. The minimum Gasteiger partial charge on any atom is -0.398 e. The molecule has 108 valence electrons. The molecule has 0 bridgehead atoms. The second kappa shape index (κ2) is 7.42. The molecule has 1 aromatic carbocycles. The first-order valence-corrected chi connectivity index (χ1v) is 7.47. The van der Waals surface area contributed by atoms with Crippen molar-refractivity contribution in [2.24, 2.45) is 0 Å². The predicted octanol–water partition coefficient (Wildman–Crippen LogP) is 1.23. The molecule has 0 aliphatic rings. The largest absolute Gasteiger partial charge is 0.398 e. The number of hydrogen-bond acceptors (Lipinski definition) is 5. The SMILES string of the molecule is COCCOCCCS(=O)(=O)c1cc(F)ccc1N. The number of sulfone groups is 1. The molecular weight excluding hydrogens is 273 g/mol. The molecule has 0 heterocycles. The minimum atomic E-state index is -3.58. The van der Waals surface area contributed by atoms with Gasteiger partial charge in [-0.05, 0) is 24.6 Å². The maximum atomic E-state index is 13.0. The van der Waals surface area contributed by atoms with Gasteiger partial charge in [-0.2, -0.15) is 0 Å². The number of benzene rings is 1. The molecule has 0 aromatic heterocycles. The number of nitrogen functional groups attached to an aromatic ring is 1. The van der Waals surface area contributed by atoms with E-state index in [0.29, 0.717) is 26.2 Å². The summed E-state index contributed by atoms with van der Waals surface area (Å²) in [6.45, 7) is 1.18. The lowest BCUT2D eigenvalue weighted by molar-refractivity contribution is 0.0712. The van der Waals surface area contributed by atoms with Crippen LogP contribution in [0.4, 0.5) is 10.1 Å². The second-order valence-electron chi connectivity index (χ2n) is 3.96. The Kier molecular flexibility index (Phi) is 6.20. The molecule has 1 rings (SSSR count). The van der Waals surface area contributed by atoms with Gasteiger partial charge in [-0.3, -0.25) is 0 Å². The molecule has 0 atom stereocenters. The highest BCUT2D eigenvalue weighted by atomic mass is 32.2. The first-order chi connectivity index (χ1) is 8.97. The van der Waals surface area contributed by atoms with Crippen LogP contribution in [0.15, 0.2) is 23.1 Å². The highest BCUT2D eigenvalue weighted by molar-refractivity contribution is 7.91. The van der Waals surface area contributed by atoms with E-state index in [4.69, 9.17) is 15.2 Å². The predicted molar refractivity (Wildman–Crippen MR) is 70.2 cm³/mol. The van der Waals surface area contributed by atoms with E-state index in [1.807, 2.05) is 0 Å². The van der Waals surface area contributed by atoms with Gasteiger partial charge in [0.15, 0.2) is 9.84 Å². The highest BCUT2D eigenvalue weighted by Crippen LogP contribution is 2.21. The van der Waals surface area contributed by atoms with Crippen LogP contribution < -0.4 is 5.73 Å². The highest BCUT2D eigenvalue weighted by Gasteiger charge is 2.18. The summed E-state index contributed by atoms with van der Waals surface area (Å²) < 4.78 is 46.9. The molecule has 0 unspecified atom stereocenters. The zero-order chi connectivity index (χ0) is 14.3. The van der Waals surface area contributed by atoms with Crippen molar-refractivity contribution in [3.8, 4) is 0 Å². The van der Waals surface area contributed by atoms with Crippen LogP contribution in [0.3, 0.4) is 0 Å². The van der Waals surface area contributed by atoms with Gasteiger partial charge in [0.25, 0.3) is 0 Å². The molecule has 0 saturated carbocycles. The van der Waals surface area contributed by atoms with Gasteiger partial charge in [-0.25, -0.2) is 12.8 Å². The quantitative estimate of drug-likeness (QED) is 0.576. The number of ether oxygens (including phenoxy) is 2. The Bertz CT molecular complexity index is 504. The van der Waals surface area contributed by atoms with E-state index in [1.54, 1.807) is 7.11 Å². The molecule has 0 fully saturated rings. The fourth-order valence-electron chi connectivity index (χ4n) is 1.48. The molecule has 7 heteroatoms.